The summed E-state index contributed by atoms with van der Waals surface area (Å²) in [6.07, 6.45) is 11.1. The number of fused-ring (bicyclic) bond motifs is 3. The van der Waals surface area contributed by atoms with Gasteiger partial charge in [0.15, 0.2) is 0 Å². The zero-order valence-electron chi connectivity index (χ0n) is 11.7. The Balaban J connectivity index is 1.63. The van der Waals surface area contributed by atoms with Gasteiger partial charge in [-0.2, -0.15) is 0 Å². The molecule has 0 amide bonds. The minimum atomic E-state index is 0.493. The Morgan fingerprint density at radius 3 is 1.76 bits per heavy atom. The lowest BCUT2D eigenvalue weighted by Gasteiger charge is -2.45. The highest BCUT2D eigenvalue weighted by Gasteiger charge is 2.56. The molecule has 1 aromatic heterocycles. The topological polar surface area (TPSA) is 25.8 Å². The lowest BCUT2D eigenvalue weighted by molar-refractivity contribution is 0.220. The molecule has 1 saturated carbocycles. The van der Waals surface area contributed by atoms with Gasteiger partial charge in [-0.1, -0.05) is 36.4 Å². The highest BCUT2D eigenvalue weighted by atomic mass is 14.9. The van der Waals surface area contributed by atoms with Crippen LogP contribution < -0.4 is 0 Å². The third-order valence-electron chi connectivity index (χ3n) is 6.20. The van der Waals surface area contributed by atoms with Gasteiger partial charge in [0.25, 0.3) is 0 Å². The maximum absolute atomic E-state index is 5.00. The van der Waals surface area contributed by atoms with Crippen LogP contribution in [0.15, 0.2) is 48.6 Å². The van der Waals surface area contributed by atoms with Crippen LogP contribution in [0.25, 0.3) is 11.0 Å². The van der Waals surface area contributed by atoms with Crippen molar-refractivity contribution in [3.63, 3.8) is 0 Å². The summed E-state index contributed by atoms with van der Waals surface area (Å²) in [5, 5.41) is 0. The van der Waals surface area contributed by atoms with Gasteiger partial charge in [-0.05, 0) is 42.2 Å². The van der Waals surface area contributed by atoms with Crippen molar-refractivity contribution in [2.45, 2.75) is 18.3 Å². The zero-order chi connectivity index (χ0) is 13.6. The molecule has 0 radical (unpaired) electrons. The van der Waals surface area contributed by atoms with E-state index in [1.807, 2.05) is 0 Å². The average molecular weight is 272 g/mol. The van der Waals surface area contributed by atoms with E-state index < -0.39 is 0 Å². The van der Waals surface area contributed by atoms with Crippen LogP contribution in [0.4, 0.5) is 0 Å². The van der Waals surface area contributed by atoms with Crippen LogP contribution in [-0.2, 0) is 0 Å². The van der Waals surface area contributed by atoms with E-state index in [2.05, 4.69) is 48.6 Å². The number of hydrogen-bond acceptors (Lipinski definition) is 2. The second-order valence-electron chi connectivity index (χ2n) is 7.02. The third kappa shape index (κ3) is 1.17. The molecule has 5 aliphatic rings. The predicted octanol–water partition coefficient (Wildman–Crippen LogP) is 3.82. The number of aromatic nitrogens is 2. The standard InChI is InChI=1S/C19H16N2/c1-2-4-15-14(3-1)20-18-12-7-8-13(19(18)21-15)17-11-6-5-10(9-11)16(12)17/h1-8,10-13,16-17H,9H2/t10-,11+,12-,13+,16+,17-. The van der Waals surface area contributed by atoms with E-state index >= 15 is 0 Å². The molecule has 102 valence electrons. The average Bonchev–Trinajstić information content (AvgIpc) is 3.16. The van der Waals surface area contributed by atoms with Crippen molar-refractivity contribution >= 4 is 11.0 Å². The van der Waals surface area contributed by atoms with E-state index in [4.69, 9.17) is 9.97 Å². The molecule has 0 aliphatic heterocycles. The van der Waals surface area contributed by atoms with Crippen LogP contribution in [0.3, 0.4) is 0 Å². The normalized spacial score (nSPS) is 40.8. The first kappa shape index (κ1) is 10.7. The van der Waals surface area contributed by atoms with Crippen molar-refractivity contribution < 1.29 is 0 Å². The number of benzene rings is 1. The number of hydrogen-bond donors (Lipinski definition) is 0. The Hall–Kier alpha value is -1.96. The molecule has 2 aromatic rings. The number of nitrogens with zero attached hydrogens (tertiary/aromatic N) is 2. The summed E-state index contributed by atoms with van der Waals surface area (Å²) in [6.45, 7) is 0. The van der Waals surface area contributed by atoms with Crippen molar-refractivity contribution in [1.82, 2.24) is 9.97 Å². The number of rotatable bonds is 0. The maximum atomic E-state index is 5.00. The second kappa shape index (κ2) is 3.44. The summed E-state index contributed by atoms with van der Waals surface area (Å²) >= 11 is 0. The minimum Gasteiger partial charge on any atom is -0.249 e. The molecule has 2 heteroatoms. The Morgan fingerprint density at radius 2 is 1.24 bits per heavy atom. The molecule has 0 saturated heterocycles. The summed E-state index contributed by atoms with van der Waals surface area (Å²) in [5.74, 6) is 4.09. The van der Waals surface area contributed by atoms with E-state index in [1.165, 1.54) is 17.8 Å². The quantitative estimate of drug-likeness (QED) is 0.681. The van der Waals surface area contributed by atoms with Gasteiger partial charge in [-0.3, -0.25) is 0 Å². The van der Waals surface area contributed by atoms with Gasteiger partial charge in [0.2, 0.25) is 0 Å². The van der Waals surface area contributed by atoms with Gasteiger partial charge in [0.1, 0.15) is 0 Å². The first-order valence-corrected chi connectivity index (χ1v) is 8.03. The third-order valence-corrected chi connectivity index (χ3v) is 6.20. The molecule has 0 N–H and O–H groups in total. The summed E-state index contributed by atoms with van der Waals surface area (Å²) in [4.78, 5) is 10.0. The van der Waals surface area contributed by atoms with Gasteiger partial charge in [0, 0.05) is 11.8 Å². The molecule has 0 spiro atoms. The molecule has 5 aliphatic carbocycles. The van der Waals surface area contributed by atoms with Crippen LogP contribution >= 0.6 is 0 Å². The van der Waals surface area contributed by atoms with Crippen molar-refractivity contribution in [3.8, 4) is 0 Å². The number of allylic oxidation sites excluding steroid dienone is 4. The lowest BCUT2D eigenvalue weighted by Crippen LogP contribution is -2.38. The fraction of sp³-hybridized carbons (Fsp3) is 0.368. The summed E-state index contributed by atoms with van der Waals surface area (Å²) < 4.78 is 0. The van der Waals surface area contributed by atoms with Crippen LogP contribution in [0.5, 0.6) is 0 Å². The predicted molar refractivity (Wildman–Crippen MR) is 81.9 cm³/mol. The van der Waals surface area contributed by atoms with Crippen molar-refractivity contribution in [1.29, 1.82) is 0 Å². The van der Waals surface area contributed by atoms with E-state index in [-0.39, 0.29) is 0 Å². The molecule has 21 heavy (non-hydrogen) atoms. The molecule has 4 bridgehead atoms. The molecule has 7 rings (SSSR count). The molecular formula is C19H16N2. The summed E-state index contributed by atoms with van der Waals surface area (Å²) in [6, 6.07) is 8.30. The van der Waals surface area contributed by atoms with Crippen LogP contribution in [0.2, 0.25) is 0 Å². The Morgan fingerprint density at radius 1 is 0.714 bits per heavy atom. The second-order valence-corrected chi connectivity index (χ2v) is 7.02. The Kier molecular flexibility index (Phi) is 1.75. The van der Waals surface area contributed by atoms with Crippen molar-refractivity contribution in [3.05, 3.63) is 60.0 Å². The van der Waals surface area contributed by atoms with Gasteiger partial charge in [0.05, 0.1) is 22.4 Å². The minimum absolute atomic E-state index is 0.493. The lowest BCUT2D eigenvalue weighted by atomic mass is 9.59. The Bertz CT molecular complexity index is 768. The highest BCUT2D eigenvalue weighted by molar-refractivity contribution is 5.75. The van der Waals surface area contributed by atoms with Crippen LogP contribution in [0, 0.1) is 23.7 Å². The molecule has 1 heterocycles. The van der Waals surface area contributed by atoms with Gasteiger partial charge >= 0.3 is 0 Å². The summed E-state index contributed by atoms with van der Waals surface area (Å²) in [5.41, 5.74) is 4.63. The van der Waals surface area contributed by atoms with E-state index in [1.54, 1.807) is 0 Å². The molecule has 1 fully saturated rings. The van der Waals surface area contributed by atoms with Crippen LogP contribution in [-0.4, -0.2) is 9.97 Å². The van der Waals surface area contributed by atoms with Crippen molar-refractivity contribution in [2.75, 3.05) is 0 Å². The van der Waals surface area contributed by atoms with Gasteiger partial charge in [-0.25, -0.2) is 9.97 Å². The maximum Gasteiger partial charge on any atom is 0.0890 e. The molecule has 6 atom stereocenters. The van der Waals surface area contributed by atoms with Gasteiger partial charge in [-0.15, -0.1) is 0 Å². The van der Waals surface area contributed by atoms with Crippen LogP contribution in [0.1, 0.15) is 29.6 Å². The first-order valence-electron chi connectivity index (χ1n) is 8.03. The largest absolute Gasteiger partial charge is 0.249 e. The highest BCUT2D eigenvalue weighted by Crippen LogP contribution is 2.63. The Labute approximate surface area is 123 Å². The van der Waals surface area contributed by atoms with E-state index in [0.29, 0.717) is 11.8 Å². The monoisotopic (exact) mass is 272 g/mol. The first-order chi connectivity index (χ1) is 10.4. The SMILES string of the molecule is C1=C[C@H]2C[C@@H]1[C@@H]1[C@H]2[C@@H]2C=C[C@H]1c1nc3ccccc3nc12. The van der Waals surface area contributed by atoms with Gasteiger partial charge < -0.3 is 0 Å². The van der Waals surface area contributed by atoms with E-state index in [9.17, 15) is 0 Å². The molecule has 0 unspecified atom stereocenters. The molecular weight excluding hydrogens is 256 g/mol. The summed E-state index contributed by atoms with van der Waals surface area (Å²) in [7, 11) is 0. The fourth-order valence-corrected chi connectivity index (χ4v) is 5.47. The fourth-order valence-electron chi connectivity index (χ4n) is 5.47. The number of para-hydroxylation sites is 2. The smallest absolute Gasteiger partial charge is 0.0890 e. The van der Waals surface area contributed by atoms with E-state index in [0.717, 1.165) is 34.7 Å². The zero-order valence-corrected chi connectivity index (χ0v) is 11.7. The molecule has 1 aromatic carbocycles. The molecule has 2 nitrogen and oxygen atoms in total. The van der Waals surface area contributed by atoms with Crippen molar-refractivity contribution in [2.24, 2.45) is 23.7 Å².